The number of fused-ring (bicyclic) bond motifs is 1. The largest absolute Gasteiger partial charge is 0.454 e. The minimum absolute atomic E-state index is 0.175. The highest BCUT2D eigenvalue weighted by Crippen LogP contribution is 2.38. The Kier molecular flexibility index (Phi) is 3.78. The summed E-state index contributed by atoms with van der Waals surface area (Å²) in [6, 6.07) is 6.17. The third-order valence-corrected chi connectivity index (χ3v) is 3.94. The maximum atomic E-state index is 12.3. The molecule has 1 saturated heterocycles. The molecular formula is C15H20N2O3. The molecule has 0 aromatic heterocycles. The van der Waals surface area contributed by atoms with E-state index in [1.54, 1.807) is 0 Å². The number of likely N-dealkylation sites (tertiary alicyclic amines) is 1. The molecule has 0 bridgehead atoms. The second kappa shape index (κ2) is 5.71. The molecule has 2 heterocycles. The molecule has 0 radical (unpaired) electrons. The van der Waals surface area contributed by atoms with Crippen LogP contribution >= 0.6 is 0 Å². The van der Waals surface area contributed by atoms with Crippen molar-refractivity contribution in [3.05, 3.63) is 23.8 Å². The van der Waals surface area contributed by atoms with Crippen LogP contribution in [0.4, 0.5) is 0 Å². The first-order chi connectivity index (χ1) is 9.79. The van der Waals surface area contributed by atoms with E-state index in [0.29, 0.717) is 6.42 Å². The number of carbonyl (C=O) groups excluding carboxylic acids is 1. The molecule has 1 amide bonds. The number of nitrogens with one attached hydrogen (secondary N) is 1. The molecule has 3 rings (SSSR count). The van der Waals surface area contributed by atoms with Crippen molar-refractivity contribution in [3.63, 3.8) is 0 Å². The van der Waals surface area contributed by atoms with E-state index in [9.17, 15) is 4.79 Å². The number of benzene rings is 1. The van der Waals surface area contributed by atoms with Crippen molar-refractivity contribution < 1.29 is 14.3 Å². The van der Waals surface area contributed by atoms with E-state index in [0.717, 1.165) is 43.0 Å². The van der Waals surface area contributed by atoms with Crippen LogP contribution in [-0.2, 0) is 4.79 Å². The molecule has 20 heavy (non-hydrogen) atoms. The predicted molar refractivity (Wildman–Crippen MR) is 74.8 cm³/mol. The Balaban J connectivity index is 1.76. The van der Waals surface area contributed by atoms with Crippen molar-refractivity contribution >= 4 is 5.91 Å². The summed E-state index contributed by atoms with van der Waals surface area (Å²) in [6.45, 7) is 1.86. The van der Waals surface area contributed by atoms with Crippen molar-refractivity contribution in [1.29, 1.82) is 0 Å². The Morgan fingerprint density at radius 3 is 3.10 bits per heavy atom. The first-order valence-corrected chi connectivity index (χ1v) is 7.13. The van der Waals surface area contributed by atoms with Gasteiger partial charge in [-0.1, -0.05) is 6.07 Å². The summed E-state index contributed by atoms with van der Waals surface area (Å²) in [5.74, 6) is 1.80. The SMILES string of the molecule is CNCCC(=O)N1CCCC1c1ccc2c(c1)OCO2. The highest BCUT2D eigenvalue weighted by Gasteiger charge is 2.30. The maximum absolute atomic E-state index is 12.3. The molecule has 108 valence electrons. The molecule has 1 unspecified atom stereocenters. The van der Waals surface area contributed by atoms with Crippen molar-refractivity contribution in [3.8, 4) is 11.5 Å². The first-order valence-electron chi connectivity index (χ1n) is 7.13. The molecule has 0 spiro atoms. The number of ether oxygens (including phenoxy) is 2. The average molecular weight is 276 g/mol. The summed E-state index contributed by atoms with van der Waals surface area (Å²) >= 11 is 0. The molecule has 0 saturated carbocycles. The molecule has 1 N–H and O–H groups in total. The zero-order chi connectivity index (χ0) is 13.9. The van der Waals surface area contributed by atoms with Crippen LogP contribution in [-0.4, -0.2) is 37.7 Å². The maximum Gasteiger partial charge on any atom is 0.231 e. The second-order valence-electron chi connectivity index (χ2n) is 5.21. The van der Waals surface area contributed by atoms with Gasteiger partial charge in [0.15, 0.2) is 11.5 Å². The van der Waals surface area contributed by atoms with Crippen LogP contribution < -0.4 is 14.8 Å². The standard InChI is InChI=1S/C15H20N2O3/c1-16-7-6-15(18)17-8-2-3-12(17)11-4-5-13-14(9-11)20-10-19-13/h4-5,9,12,16H,2-3,6-8,10H2,1H3. The van der Waals surface area contributed by atoms with E-state index in [2.05, 4.69) is 5.32 Å². The van der Waals surface area contributed by atoms with Crippen LogP contribution in [0.25, 0.3) is 0 Å². The topological polar surface area (TPSA) is 50.8 Å². The van der Waals surface area contributed by atoms with Crippen LogP contribution in [0.5, 0.6) is 11.5 Å². The van der Waals surface area contributed by atoms with Crippen LogP contribution in [0.2, 0.25) is 0 Å². The molecule has 1 atom stereocenters. The fourth-order valence-corrected chi connectivity index (χ4v) is 2.91. The van der Waals surface area contributed by atoms with Crippen LogP contribution in [0, 0.1) is 0 Å². The van der Waals surface area contributed by atoms with Gasteiger partial charge in [-0.15, -0.1) is 0 Å². The van der Waals surface area contributed by atoms with E-state index >= 15 is 0 Å². The van der Waals surface area contributed by atoms with Gasteiger partial charge in [0, 0.05) is 19.5 Å². The average Bonchev–Trinajstić information content (AvgIpc) is 3.11. The van der Waals surface area contributed by atoms with Gasteiger partial charge in [-0.3, -0.25) is 4.79 Å². The van der Waals surface area contributed by atoms with E-state index in [-0.39, 0.29) is 18.7 Å². The summed E-state index contributed by atoms with van der Waals surface area (Å²) in [5.41, 5.74) is 1.14. The lowest BCUT2D eigenvalue weighted by molar-refractivity contribution is -0.132. The highest BCUT2D eigenvalue weighted by atomic mass is 16.7. The normalized spacial score (nSPS) is 20.4. The molecular weight excluding hydrogens is 256 g/mol. The lowest BCUT2D eigenvalue weighted by Crippen LogP contribution is -2.32. The van der Waals surface area contributed by atoms with Crippen molar-refractivity contribution in [2.24, 2.45) is 0 Å². The highest BCUT2D eigenvalue weighted by molar-refractivity contribution is 5.77. The molecule has 5 heteroatoms. The summed E-state index contributed by atoms with van der Waals surface area (Å²) in [6.07, 6.45) is 2.63. The zero-order valence-corrected chi connectivity index (χ0v) is 11.7. The third kappa shape index (κ3) is 2.45. The van der Waals surface area contributed by atoms with Crippen LogP contribution in [0.1, 0.15) is 30.9 Å². The fourth-order valence-electron chi connectivity index (χ4n) is 2.91. The quantitative estimate of drug-likeness (QED) is 0.909. The Labute approximate surface area is 118 Å². The number of rotatable bonds is 4. The third-order valence-electron chi connectivity index (χ3n) is 3.94. The van der Waals surface area contributed by atoms with Crippen molar-refractivity contribution in [2.45, 2.75) is 25.3 Å². The Bertz CT molecular complexity index is 504. The molecule has 2 aliphatic rings. The van der Waals surface area contributed by atoms with Gasteiger partial charge < -0.3 is 19.7 Å². The van der Waals surface area contributed by atoms with Crippen molar-refractivity contribution in [1.82, 2.24) is 10.2 Å². The number of hydrogen-bond donors (Lipinski definition) is 1. The van der Waals surface area contributed by atoms with E-state index in [1.807, 2.05) is 30.1 Å². The monoisotopic (exact) mass is 276 g/mol. The second-order valence-corrected chi connectivity index (χ2v) is 5.21. The van der Waals surface area contributed by atoms with E-state index in [1.165, 1.54) is 0 Å². The predicted octanol–water partition coefficient (Wildman–Crippen LogP) is 1.69. The Hall–Kier alpha value is -1.75. The van der Waals surface area contributed by atoms with Crippen LogP contribution in [0.15, 0.2) is 18.2 Å². The minimum atomic E-state index is 0.175. The molecule has 2 aliphatic heterocycles. The molecule has 0 aliphatic carbocycles. The molecule has 5 nitrogen and oxygen atoms in total. The van der Waals surface area contributed by atoms with Gasteiger partial charge in [0.2, 0.25) is 12.7 Å². The van der Waals surface area contributed by atoms with Gasteiger partial charge in [0.05, 0.1) is 6.04 Å². The van der Waals surface area contributed by atoms with Gasteiger partial charge in [0.25, 0.3) is 0 Å². The number of amides is 1. The van der Waals surface area contributed by atoms with E-state index < -0.39 is 0 Å². The summed E-state index contributed by atoms with van der Waals surface area (Å²) in [4.78, 5) is 14.2. The summed E-state index contributed by atoms with van der Waals surface area (Å²) in [5, 5.41) is 3.03. The van der Waals surface area contributed by atoms with E-state index in [4.69, 9.17) is 9.47 Å². The van der Waals surface area contributed by atoms with Gasteiger partial charge in [0.1, 0.15) is 0 Å². The fraction of sp³-hybridized carbons (Fsp3) is 0.533. The summed E-state index contributed by atoms with van der Waals surface area (Å²) < 4.78 is 10.8. The van der Waals surface area contributed by atoms with Gasteiger partial charge in [-0.05, 0) is 37.6 Å². The lowest BCUT2D eigenvalue weighted by atomic mass is 10.0. The summed E-state index contributed by atoms with van der Waals surface area (Å²) in [7, 11) is 1.87. The molecule has 1 aromatic carbocycles. The Morgan fingerprint density at radius 1 is 1.40 bits per heavy atom. The van der Waals surface area contributed by atoms with Gasteiger partial charge >= 0.3 is 0 Å². The van der Waals surface area contributed by atoms with Crippen molar-refractivity contribution in [2.75, 3.05) is 26.9 Å². The van der Waals surface area contributed by atoms with Gasteiger partial charge in [-0.25, -0.2) is 0 Å². The first kappa shape index (κ1) is 13.2. The van der Waals surface area contributed by atoms with Gasteiger partial charge in [-0.2, -0.15) is 0 Å². The molecule has 1 aromatic rings. The lowest BCUT2D eigenvalue weighted by Gasteiger charge is -2.25. The zero-order valence-electron chi connectivity index (χ0n) is 11.7. The Morgan fingerprint density at radius 2 is 2.25 bits per heavy atom. The number of nitrogens with zero attached hydrogens (tertiary/aromatic N) is 1. The number of carbonyl (C=O) groups is 1. The minimum Gasteiger partial charge on any atom is -0.454 e. The van der Waals surface area contributed by atoms with Crippen LogP contribution in [0.3, 0.4) is 0 Å². The molecule has 1 fully saturated rings. The smallest absolute Gasteiger partial charge is 0.231 e. The number of hydrogen-bond acceptors (Lipinski definition) is 4.